The van der Waals surface area contributed by atoms with E-state index in [4.69, 9.17) is 11.0 Å². The lowest BCUT2D eigenvalue weighted by Crippen LogP contribution is -2.47. The SMILES string of the molecule is N#Cc1cc(N)cnc1N1CCN(C2CC2)CC1. The number of pyridine rings is 1. The molecule has 18 heavy (non-hydrogen) atoms. The Morgan fingerprint density at radius 2 is 2.00 bits per heavy atom. The number of nitriles is 1. The summed E-state index contributed by atoms with van der Waals surface area (Å²) in [6, 6.07) is 4.71. The molecule has 2 aliphatic rings. The highest BCUT2D eigenvalue weighted by molar-refractivity contribution is 5.59. The molecule has 2 heterocycles. The van der Waals surface area contributed by atoms with Crippen molar-refractivity contribution in [1.29, 1.82) is 5.26 Å². The van der Waals surface area contributed by atoms with Crippen molar-refractivity contribution < 1.29 is 0 Å². The normalized spacial score (nSPS) is 20.7. The van der Waals surface area contributed by atoms with Crippen LogP contribution < -0.4 is 10.6 Å². The number of piperazine rings is 1. The topological polar surface area (TPSA) is 69.2 Å². The highest BCUT2D eigenvalue weighted by Crippen LogP contribution is 2.28. The van der Waals surface area contributed by atoms with E-state index in [0.717, 1.165) is 38.0 Å². The van der Waals surface area contributed by atoms with Gasteiger partial charge in [-0.25, -0.2) is 4.98 Å². The molecular weight excluding hydrogens is 226 g/mol. The Bertz CT molecular complexity index is 481. The average Bonchev–Trinajstić information content (AvgIpc) is 3.23. The lowest BCUT2D eigenvalue weighted by Gasteiger charge is -2.35. The predicted octanol–water partition coefficient (Wildman–Crippen LogP) is 0.820. The van der Waals surface area contributed by atoms with Crippen LogP contribution in [0.5, 0.6) is 0 Å². The molecule has 1 saturated heterocycles. The molecule has 0 unspecified atom stereocenters. The summed E-state index contributed by atoms with van der Waals surface area (Å²) >= 11 is 0. The third-order valence-corrected chi connectivity index (χ3v) is 3.69. The van der Waals surface area contributed by atoms with E-state index < -0.39 is 0 Å². The molecule has 2 fully saturated rings. The highest BCUT2D eigenvalue weighted by Gasteiger charge is 2.31. The van der Waals surface area contributed by atoms with Crippen molar-refractivity contribution in [2.45, 2.75) is 18.9 Å². The molecule has 1 aromatic heterocycles. The van der Waals surface area contributed by atoms with Crippen LogP contribution in [0.2, 0.25) is 0 Å². The van der Waals surface area contributed by atoms with Gasteiger partial charge >= 0.3 is 0 Å². The maximum absolute atomic E-state index is 9.14. The first kappa shape index (κ1) is 11.3. The van der Waals surface area contributed by atoms with Gasteiger partial charge in [-0.1, -0.05) is 0 Å². The molecule has 0 atom stereocenters. The number of rotatable bonds is 2. The van der Waals surface area contributed by atoms with E-state index in [-0.39, 0.29) is 0 Å². The first-order valence-electron chi connectivity index (χ1n) is 6.42. The summed E-state index contributed by atoms with van der Waals surface area (Å²) in [6.07, 6.45) is 4.33. The van der Waals surface area contributed by atoms with Crippen molar-refractivity contribution in [3.05, 3.63) is 17.8 Å². The standard InChI is InChI=1S/C13H17N5/c14-8-10-7-11(15)9-16-13(10)18-5-3-17(4-6-18)12-1-2-12/h7,9,12H,1-6,15H2. The fraction of sp³-hybridized carbons (Fsp3) is 0.538. The molecule has 0 bridgehead atoms. The summed E-state index contributed by atoms with van der Waals surface area (Å²) in [6.45, 7) is 4.04. The third kappa shape index (κ3) is 2.12. The summed E-state index contributed by atoms with van der Waals surface area (Å²) < 4.78 is 0. The number of nitrogen functional groups attached to an aromatic ring is 1. The molecule has 5 heteroatoms. The van der Waals surface area contributed by atoms with Crippen molar-refractivity contribution in [3.8, 4) is 6.07 Å². The highest BCUT2D eigenvalue weighted by atomic mass is 15.3. The molecule has 1 aromatic rings. The summed E-state index contributed by atoms with van der Waals surface area (Å²) in [5, 5.41) is 9.14. The number of aromatic nitrogens is 1. The summed E-state index contributed by atoms with van der Waals surface area (Å²) in [5.41, 5.74) is 6.79. The minimum atomic E-state index is 0.548. The van der Waals surface area contributed by atoms with Crippen LogP contribution >= 0.6 is 0 Å². The van der Waals surface area contributed by atoms with Gasteiger partial charge in [0.25, 0.3) is 0 Å². The smallest absolute Gasteiger partial charge is 0.146 e. The monoisotopic (exact) mass is 243 g/mol. The Hall–Kier alpha value is -1.80. The molecule has 1 aliphatic heterocycles. The minimum Gasteiger partial charge on any atom is -0.397 e. The zero-order valence-electron chi connectivity index (χ0n) is 10.3. The van der Waals surface area contributed by atoms with Crippen LogP contribution in [-0.2, 0) is 0 Å². The second-order valence-corrected chi connectivity index (χ2v) is 5.01. The number of hydrogen-bond donors (Lipinski definition) is 1. The van der Waals surface area contributed by atoms with Crippen LogP contribution in [0.25, 0.3) is 0 Å². The minimum absolute atomic E-state index is 0.548. The molecule has 3 rings (SSSR count). The van der Waals surface area contributed by atoms with Crippen molar-refractivity contribution in [1.82, 2.24) is 9.88 Å². The van der Waals surface area contributed by atoms with Crippen molar-refractivity contribution in [3.63, 3.8) is 0 Å². The van der Waals surface area contributed by atoms with Gasteiger partial charge < -0.3 is 10.6 Å². The van der Waals surface area contributed by atoms with Crippen molar-refractivity contribution in [2.24, 2.45) is 0 Å². The van der Waals surface area contributed by atoms with E-state index in [9.17, 15) is 0 Å². The molecule has 2 N–H and O–H groups in total. The zero-order valence-corrected chi connectivity index (χ0v) is 10.3. The fourth-order valence-corrected chi connectivity index (χ4v) is 2.55. The summed E-state index contributed by atoms with van der Waals surface area (Å²) in [5.74, 6) is 0.780. The van der Waals surface area contributed by atoms with Crippen LogP contribution in [0.4, 0.5) is 11.5 Å². The number of hydrogen-bond acceptors (Lipinski definition) is 5. The van der Waals surface area contributed by atoms with Gasteiger partial charge in [-0.2, -0.15) is 5.26 Å². The molecule has 0 radical (unpaired) electrons. The molecule has 0 spiro atoms. The predicted molar refractivity (Wildman–Crippen MR) is 70.2 cm³/mol. The van der Waals surface area contributed by atoms with E-state index in [1.807, 2.05) is 0 Å². The zero-order chi connectivity index (χ0) is 12.5. The van der Waals surface area contributed by atoms with Crippen LogP contribution in [0.3, 0.4) is 0 Å². The van der Waals surface area contributed by atoms with Crippen LogP contribution in [-0.4, -0.2) is 42.1 Å². The number of nitrogens with zero attached hydrogens (tertiary/aromatic N) is 4. The Morgan fingerprint density at radius 1 is 1.28 bits per heavy atom. The van der Waals surface area contributed by atoms with Gasteiger partial charge in [-0.3, -0.25) is 4.90 Å². The second kappa shape index (κ2) is 4.46. The van der Waals surface area contributed by atoms with E-state index in [1.54, 1.807) is 12.3 Å². The summed E-state index contributed by atoms with van der Waals surface area (Å²) in [7, 11) is 0. The lowest BCUT2D eigenvalue weighted by molar-refractivity contribution is 0.247. The maximum atomic E-state index is 9.14. The number of anilines is 2. The van der Waals surface area contributed by atoms with Crippen LogP contribution in [0, 0.1) is 11.3 Å². The molecule has 5 nitrogen and oxygen atoms in total. The summed E-state index contributed by atoms with van der Waals surface area (Å²) in [4.78, 5) is 9.05. The molecule has 1 saturated carbocycles. The van der Waals surface area contributed by atoms with Gasteiger partial charge in [0.1, 0.15) is 11.9 Å². The van der Waals surface area contributed by atoms with Crippen LogP contribution in [0.15, 0.2) is 12.3 Å². The average molecular weight is 243 g/mol. The Balaban J connectivity index is 1.74. The molecule has 0 aromatic carbocycles. The maximum Gasteiger partial charge on any atom is 0.146 e. The largest absolute Gasteiger partial charge is 0.397 e. The number of nitrogens with two attached hydrogens (primary N) is 1. The van der Waals surface area contributed by atoms with Crippen LogP contribution in [0.1, 0.15) is 18.4 Å². The fourth-order valence-electron chi connectivity index (χ4n) is 2.55. The molecule has 0 amide bonds. The second-order valence-electron chi connectivity index (χ2n) is 5.01. The third-order valence-electron chi connectivity index (χ3n) is 3.69. The Morgan fingerprint density at radius 3 is 2.61 bits per heavy atom. The van der Waals surface area contributed by atoms with Gasteiger partial charge in [0.15, 0.2) is 0 Å². The molecular formula is C13H17N5. The van der Waals surface area contributed by atoms with E-state index in [0.29, 0.717) is 11.3 Å². The van der Waals surface area contributed by atoms with Gasteiger partial charge in [0.2, 0.25) is 0 Å². The van der Waals surface area contributed by atoms with Gasteiger partial charge in [-0.15, -0.1) is 0 Å². The van der Waals surface area contributed by atoms with Gasteiger partial charge in [0, 0.05) is 32.2 Å². The quantitative estimate of drug-likeness (QED) is 0.832. The lowest BCUT2D eigenvalue weighted by atomic mass is 10.2. The van der Waals surface area contributed by atoms with E-state index >= 15 is 0 Å². The van der Waals surface area contributed by atoms with Crippen molar-refractivity contribution in [2.75, 3.05) is 36.8 Å². The van der Waals surface area contributed by atoms with E-state index in [1.165, 1.54) is 12.8 Å². The Labute approximate surface area is 107 Å². The van der Waals surface area contributed by atoms with Gasteiger partial charge in [0.05, 0.1) is 17.4 Å². The molecule has 1 aliphatic carbocycles. The molecule has 94 valence electrons. The van der Waals surface area contributed by atoms with Gasteiger partial charge in [-0.05, 0) is 18.9 Å². The van der Waals surface area contributed by atoms with Crippen molar-refractivity contribution >= 4 is 11.5 Å². The van der Waals surface area contributed by atoms with E-state index in [2.05, 4.69) is 20.9 Å². The first-order valence-corrected chi connectivity index (χ1v) is 6.42. The first-order chi connectivity index (χ1) is 8.78. The Kier molecular flexibility index (Phi) is 2.80.